The lowest BCUT2D eigenvalue weighted by atomic mass is 9.95. The summed E-state index contributed by atoms with van der Waals surface area (Å²) in [5, 5.41) is 15.3. The Labute approximate surface area is 228 Å². The lowest BCUT2D eigenvalue weighted by Crippen LogP contribution is -2.57. The number of alkyl halides is 3. The second-order valence-corrected chi connectivity index (χ2v) is 9.62. The maximum Gasteiger partial charge on any atom is 0.419 e. The van der Waals surface area contributed by atoms with E-state index in [0.717, 1.165) is 6.07 Å². The van der Waals surface area contributed by atoms with Crippen LogP contribution in [0, 0.1) is 0 Å². The number of aliphatic hydroxyl groups is 1. The van der Waals surface area contributed by atoms with Crippen LogP contribution in [0.2, 0.25) is 0 Å². The zero-order valence-electron chi connectivity index (χ0n) is 21.9. The molecule has 2 amide bonds. The number of nitrogens with zero attached hydrogens (tertiary/aromatic N) is 2. The van der Waals surface area contributed by atoms with Gasteiger partial charge in [-0.15, -0.1) is 0 Å². The SMILES string of the molecule is COC1CCC(NC(=O)c2cncnc2)(C(=O)NCc2ccc(Oc3ccc(C(C)O)cc3C(F)(F)F)cc2)C1. The number of ether oxygens (including phenoxy) is 2. The number of rotatable bonds is 9. The number of carbonyl (C=O) groups is 2. The summed E-state index contributed by atoms with van der Waals surface area (Å²) in [6.07, 6.45) is -0.672. The van der Waals surface area contributed by atoms with Gasteiger partial charge in [0.15, 0.2) is 0 Å². The summed E-state index contributed by atoms with van der Waals surface area (Å²) in [7, 11) is 1.55. The second-order valence-electron chi connectivity index (χ2n) is 9.62. The number of benzene rings is 2. The van der Waals surface area contributed by atoms with Crippen LogP contribution >= 0.6 is 0 Å². The van der Waals surface area contributed by atoms with E-state index in [9.17, 15) is 27.9 Å². The van der Waals surface area contributed by atoms with Crippen LogP contribution in [0.4, 0.5) is 13.2 Å². The molecular weight excluding hydrogens is 529 g/mol. The minimum absolute atomic E-state index is 0.111. The molecule has 0 spiro atoms. The minimum atomic E-state index is -4.68. The number of hydrogen-bond acceptors (Lipinski definition) is 7. The second kappa shape index (κ2) is 12.0. The normalized spacial score (nSPS) is 19.6. The third-order valence-corrected chi connectivity index (χ3v) is 6.81. The van der Waals surface area contributed by atoms with E-state index in [1.165, 1.54) is 49.9 Å². The molecule has 1 saturated carbocycles. The van der Waals surface area contributed by atoms with Crippen molar-refractivity contribution in [3.8, 4) is 11.5 Å². The van der Waals surface area contributed by atoms with E-state index in [1.807, 2.05) is 0 Å². The van der Waals surface area contributed by atoms with Gasteiger partial charge in [-0.3, -0.25) is 9.59 Å². The molecule has 40 heavy (non-hydrogen) atoms. The predicted octanol–water partition coefficient (Wildman–Crippen LogP) is 4.32. The molecule has 0 bridgehead atoms. The third-order valence-electron chi connectivity index (χ3n) is 6.81. The van der Waals surface area contributed by atoms with Gasteiger partial charge in [0.2, 0.25) is 5.91 Å². The molecule has 1 aliphatic carbocycles. The van der Waals surface area contributed by atoms with Crippen LogP contribution in [0.3, 0.4) is 0 Å². The first-order chi connectivity index (χ1) is 19.0. The van der Waals surface area contributed by atoms with Gasteiger partial charge < -0.3 is 25.2 Å². The molecule has 1 aliphatic rings. The van der Waals surface area contributed by atoms with E-state index in [1.54, 1.807) is 19.2 Å². The molecule has 3 atom stereocenters. The van der Waals surface area contributed by atoms with Gasteiger partial charge in [0.05, 0.1) is 23.3 Å². The number of halogens is 3. The molecule has 1 fully saturated rings. The van der Waals surface area contributed by atoms with Gasteiger partial charge in [-0.2, -0.15) is 13.2 Å². The van der Waals surface area contributed by atoms with Crippen LogP contribution in [-0.2, 0) is 22.3 Å². The average Bonchev–Trinajstić information content (AvgIpc) is 3.36. The fraction of sp³-hybridized carbons (Fsp3) is 0.357. The zero-order chi connectivity index (χ0) is 28.9. The van der Waals surface area contributed by atoms with Gasteiger partial charge in [0, 0.05) is 32.5 Å². The van der Waals surface area contributed by atoms with Crippen LogP contribution in [0.15, 0.2) is 61.2 Å². The molecule has 9 nitrogen and oxygen atoms in total. The maximum absolute atomic E-state index is 13.6. The molecule has 212 valence electrons. The van der Waals surface area contributed by atoms with Gasteiger partial charge in [-0.25, -0.2) is 9.97 Å². The molecule has 0 aliphatic heterocycles. The Kier molecular flexibility index (Phi) is 8.70. The molecule has 2 aromatic carbocycles. The molecule has 3 N–H and O–H groups in total. The van der Waals surface area contributed by atoms with E-state index in [4.69, 9.17) is 9.47 Å². The van der Waals surface area contributed by atoms with Gasteiger partial charge in [-0.1, -0.05) is 18.2 Å². The van der Waals surface area contributed by atoms with Gasteiger partial charge in [-0.05, 0) is 55.2 Å². The van der Waals surface area contributed by atoms with E-state index in [-0.39, 0.29) is 41.9 Å². The van der Waals surface area contributed by atoms with Gasteiger partial charge in [0.1, 0.15) is 23.4 Å². The fourth-order valence-electron chi connectivity index (χ4n) is 4.56. The maximum atomic E-state index is 13.6. The van der Waals surface area contributed by atoms with Crippen molar-refractivity contribution in [1.29, 1.82) is 0 Å². The average molecular weight is 559 g/mol. The molecule has 3 unspecified atom stereocenters. The lowest BCUT2D eigenvalue weighted by Gasteiger charge is -2.29. The van der Waals surface area contributed by atoms with Crippen molar-refractivity contribution >= 4 is 11.8 Å². The zero-order valence-corrected chi connectivity index (χ0v) is 21.9. The number of aromatic nitrogens is 2. The third kappa shape index (κ3) is 6.75. The van der Waals surface area contributed by atoms with E-state index < -0.39 is 35.0 Å². The number of nitrogens with one attached hydrogen (secondary N) is 2. The van der Waals surface area contributed by atoms with Crippen molar-refractivity contribution in [2.24, 2.45) is 0 Å². The summed E-state index contributed by atoms with van der Waals surface area (Å²) in [5.41, 5.74) is -1.18. The Bertz CT molecular complexity index is 1340. The first-order valence-corrected chi connectivity index (χ1v) is 12.6. The van der Waals surface area contributed by atoms with Crippen molar-refractivity contribution in [3.05, 3.63) is 83.4 Å². The Hall–Kier alpha value is -4.03. The number of hydrogen-bond donors (Lipinski definition) is 3. The topological polar surface area (TPSA) is 123 Å². The summed E-state index contributed by atoms with van der Waals surface area (Å²) in [4.78, 5) is 33.8. The summed E-state index contributed by atoms with van der Waals surface area (Å²) >= 11 is 0. The fourth-order valence-corrected chi connectivity index (χ4v) is 4.56. The smallest absolute Gasteiger partial charge is 0.419 e. The highest BCUT2D eigenvalue weighted by Gasteiger charge is 2.46. The van der Waals surface area contributed by atoms with Crippen LogP contribution in [-0.4, -0.2) is 45.6 Å². The molecule has 1 aromatic heterocycles. The van der Waals surface area contributed by atoms with Crippen LogP contribution in [0.1, 0.15) is 59.3 Å². The van der Waals surface area contributed by atoms with E-state index in [2.05, 4.69) is 20.6 Å². The monoisotopic (exact) mass is 558 g/mol. The molecule has 1 heterocycles. The van der Waals surface area contributed by atoms with Gasteiger partial charge >= 0.3 is 6.18 Å². The summed E-state index contributed by atoms with van der Waals surface area (Å²) in [6.45, 7) is 1.49. The van der Waals surface area contributed by atoms with Gasteiger partial charge in [0.25, 0.3) is 5.91 Å². The highest BCUT2D eigenvalue weighted by atomic mass is 19.4. The van der Waals surface area contributed by atoms with E-state index in [0.29, 0.717) is 18.4 Å². The first-order valence-electron chi connectivity index (χ1n) is 12.6. The summed E-state index contributed by atoms with van der Waals surface area (Å²) < 4.78 is 51.6. The number of aliphatic hydroxyl groups excluding tert-OH is 1. The largest absolute Gasteiger partial charge is 0.457 e. The van der Waals surface area contributed by atoms with Crippen LogP contribution < -0.4 is 15.4 Å². The molecule has 4 rings (SSSR count). The van der Waals surface area contributed by atoms with Crippen molar-refractivity contribution in [3.63, 3.8) is 0 Å². The first kappa shape index (κ1) is 29.0. The minimum Gasteiger partial charge on any atom is -0.457 e. The van der Waals surface area contributed by atoms with Crippen molar-refractivity contribution < 1.29 is 37.3 Å². The Morgan fingerprint density at radius 2 is 1.85 bits per heavy atom. The molecular formula is C28H29F3N4O5. The summed E-state index contributed by atoms with van der Waals surface area (Å²) in [5.74, 6) is -1.09. The van der Waals surface area contributed by atoms with E-state index >= 15 is 0 Å². The van der Waals surface area contributed by atoms with Crippen molar-refractivity contribution in [2.75, 3.05) is 7.11 Å². The Morgan fingerprint density at radius 3 is 2.45 bits per heavy atom. The quantitative estimate of drug-likeness (QED) is 0.357. The molecule has 0 saturated heterocycles. The molecule has 0 radical (unpaired) electrons. The molecule has 12 heteroatoms. The van der Waals surface area contributed by atoms with Crippen LogP contribution in [0.25, 0.3) is 0 Å². The number of amides is 2. The highest BCUT2D eigenvalue weighted by molar-refractivity contribution is 5.99. The number of methoxy groups -OCH3 is 1. The summed E-state index contributed by atoms with van der Waals surface area (Å²) in [6, 6.07) is 9.62. The standard InChI is InChI=1S/C28H29F3N4O5/c1-17(36)19-5-8-24(23(11-19)28(29,30)31)40-21-6-3-18(4-7-21)13-34-26(38)27(10-9-22(12-27)39-2)35-25(37)20-14-32-16-33-15-20/h3-8,11,14-17,22,36H,9-10,12-13H2,1-2H3,(H,34,38)(H,35,37). The van der Waals surface area contributed by atoms with Crippen LogP contribution in [0.5, 0.6) is 11.5 Å². The van der Waals surface area contributed by atoms with Crippen molar-refractivity contribution in [1.82, 2.24) is 20.6 Å². The number of carbonyl (C=O) groups excluding carboxylic acids is 2. The Balaban J connectivity index is 1.43. The molecule has 3 aromatic rings. The lowest BCUT2D eigenvalue weighted by molar-refractivity contribution is -0.138. The van der Waals surface area contributed by atoms with Crippen molar-refractivity contribution in [2.45, 2.75) is 56.7 Å². The predicted molar refractivity (Wildman–Crippen MR) is 137 cm³/mol. The highest BCUT2D eigenvalue weighted by Crippen LogP contribution is 2.39. The Morgan fingerprint density at radius 1 is 1.15 bits per heavy atom.